The van der Waals surface area contributed by atoms with Crippen LogP contribution in [0.4, 0.5) is 5.69 Å². The molecule has 0 fully saturated rings. The molecule has 1 aliphatic rings. The molecule has 5 rings (SSSR count). The molecule has 2 aromatic carbocycles. The Hall–Kier alpha value is -3.52. The van der Waals surface area contributed by atoms with E-state index >= 15 is 0 Å². The summed E-state index contributed by atoms with van der Waals surface area (Å²) in [5.74, 6) is 0. The molecule has 1 aliphatic carbocycles. The molecule has 0 radical (unpaired) electrons. The fourth-order valence-corrected chi connectivity index (χ4v) is 5.89. The molecular formula is C25H23N3O4S. The quantitative estimate of drug-likeness (QED) is 0.321. The van der Waals surface area contributed by atoms with E-state index in [4.69, 9.17) is 0 Å². The molecule has 33 heavy (non-hydrogen) atoms. The van der Waals surface area contributed by atoms with Gasteiger partial charge in [0.1, 0.15) is 4.83 Å². The molecule has 0 bridgehead atoms. The monoisotopic (exact) mass is 461 g/mol. The van der Waals surface area contributed by atoms with E-state index in [0.29, 0.717) is 15.9 Å². The topological polar surface area (TPSA) is 87.1 Å². The number of rotatable bonds is 5. The summed E-state index contributed by atoms with van der Waals surface area (Å²) in [5.41, 5.74) is 2.87. The summed E-state index contributed by atoms with van der Waals surface area (Å²) in [4.78, 5) is 39.8. The fourth-order valence-electron chi connectivity index (χ4n) is 4.52. The van der Waals surface area contributed by atoms with Gasteiger partial charge in [-0.2, -0.15) is 0 Å². The van der Waals surface area contributed by atoms with Crippen molar-refractivity contribution >= 4 is 27.2 Å². The van der Waals surface area contributed by atoms with E-state index in [2.05, 4.69) is 6.92 Å². The standard InChI is InChI=1S/C25H23N3O4S/c1-2-16-7-11-18(12-8-16)27-23(29)22-20-5-3-4-6-21(20)33-24(22)26(25(27)30)15-17-9-13-19(14-10-17)28(31)32/h7-14H,2-6,15H2,1H3. The predicted octanol–water partition coefficient (Wildman–Crippen LogP) is 4.61. The Morgan fingerprint density at radius 3 is 2.30 bits per heavy atom. The van der Waals surface area contributed by atoms with Gasteiger partial charge in [0.25, 0.3) is 11.2 Å². The summed E-state index contributed by atoms with van der Waals surface area (Å²) in [7, 11) is 0. The zero-order chi connectivity index (χ0) is 23.1. The van der Waals surface area contributed by atoms with Crippen molar-refractivity contribution in [3.63, 3.8) is 0 Å². The fraction of sp³-hybridized carbons (Fsp3) is 0.280. The lowest BCUT2D eigenvalue weighted by Crippen LogP contribution is -2.39. The van der Waals surface area contributed by atoms with Crippen molar-refractivity contribution in [1.29, 1.82) is 0 Å². The van der Waals surface area contributed by atoms with Gasteiger partial charge in [0.15, 0.2) is 0 Å². The average Bonchev–Trinajstić information content (AvgIpc) is 3.22. The molecule has 168 valence electrons. The Morgan fingerprint density at radius 1 is 0.970 bits per heavy atom. The van der Waals surface area contributed by atoms with Crippen LogP contribution < -0.4 is 11.2 Å². The van der Waals surface area contributed by atoms with E-state index in [-0.39, 0.29) is 17.8 Å². The highest BCUT2D eigenvalue weighted by Gasteiger charge is 2.24. The van der Waals surface area contributed by atoms with Crippen molar-refractivity contribution in [2.24, 2.45) is 0 Å². The summed E-state index contributed by atoms with van der Waals surface area (Å²) >= 11 is 1.53. The molecule has 2 heterocycles. The molecule has 0 amide bonds. The van der Waals surface area contributed by atoms with E-state index in [1.165, 1.54) is 32.9 Å². The first-order valence-electron chi connectivity index (χ1n) is 11.1. The number of hydrogen-bond acceptors (Lipinski definition) is 5. The summed E-state index contributed by atoms with van der Waals surface area (Å²) in [6.07, 6.45) is 4.75. The van der Waals surface area contributed by atoms with E-state index in [1.54, 1.807) is 16.7 Å². The smallest absolute Gasteiger partial charge is 0.280 e. The first-order valence-corrected chi connectivity index (χ1v) is 11.9. The van der Waals surface area contributed by atoms with Crippen LogP contribution in [0, 0.1) is 10.1 Å². The number of aromatic nitrogens is 2. The van der Waals surface area contributed by atoms with E-state index in [0.717, 1.165) is 48.8 Å². The van der Waals surface area contributed by atoms with Crippen LogP contribution >= 0.6 is 11.3 Å². The summed E-state index contributed by atoms with van der Waals surface area (Å²) in [5, 5.41) is 11.6. The molecule has 0 aliphatic heterocycles. The van der Waals surface area contributed by atoms with Gasteiger partial charge in [-0.3, -0.25) is 19.5 Å². The van der Waals surface area contributed by atoms with Crippen LogP contribution in [0.3, 0.4) is 0 Å². The van der Waals surface area contributed by atoms with Gasteiger partial charge in [0, 0.05) is 17.0 Å². The second-order valence-electron chi connectivity index (χ2n) is 8.34. The molecule has 0 atom stereocenters. The van der Waals surface area contributed by atoms with Gasteiger partial charge in [0.2, 0.25) is 0 Å². The molecule has 0 saturated carbocycles. The maximum Gasteiger partial charge on any atom is 0.337 e. The van der Waals surface area contributed by atoms with Crippen LogP contribution in [0.25, 0.3) is 15.9 Å². The molecule has 0 unspecified atom stereocenters. The number of fused-ring (bicyclic) bond motifs is 3. The zero-order valence-electron chi connectivity index (χ0n) is 18.2. The van der Waals surface area contributed by atoms with Crippen LogP contribution in [0.15, 0.2) is 58.1 Å². The second kappa shape index (κ2) is 8.44. The molecule has 8 heteroatoms. The van der Waals surface area contributed by atoms with Gasteiger partial charge in [-0.1, -0.05) is 31.2 Å². The van der Waals surface area contributed by atoms with Gasteiger partial charge >= 0.3 is 5.69 Å². The third-order valence-corrected chi connectivity index (χ3v) is 7.64. The van der Waals surface area contributed by atoms with Crippen molar-refractivity contribution in [2.75, 3.05) is 0 Å². The minimum absolute atomic E-state index is 0.00353. The molecular weight excluding hydrogens is 438 g/mol. The van der Waals surface area contributed by atoms with Crippen LogP contribution in [-0.2, 0) is 25.8 Å². The van der Waals surface area contributed by atoms with Gasteiger partial charge in [-0.25, -0.2) is 9.36 Å². The lowest BCUT2D eigenvalue weighted by atomic mass is 9.97. The van der Waals surface area contributed by atoms with Crippen molar-refractivity contribution in [3.8, 4) is 5.69 Å². The number of nitrogens with zero attached hydrogens (tertiary/aromatic N) is 3. The first kappa shape index (κ1) is 21.3. The van der Waals surface area contributed by atoms with E-state index < -0.39 is 10.6 Å². The van der Waals surface area contributed by atoms with Crippen molar-refractivity contribution in [3.05, 3.63) is 101 Å². The van der Waals surface area contributed by atoms with Crippen LogP contribution in [0.1, 0.15) is 41.3 Å². The highest BCUT2D eigenvalue weighted by atomic mass is 32.1. The Labute approximate surface area is 193 Å². The van der Waals surface area contributed by atoms with Gasteiger partial charge < -0.3 is 0 Å². The van der Waals surface area contributed by atoms with Crippen LogP contribution in [0.2, 0.25) is 0 Å². The normalized spacial score (nSPS) is 13.2. The van der Waals surface area contributed by atoms with Crippen molar-refractivity contribution in [2.45, 2.75) is 45.6 Å². The van der Waals surface area contributed by atoms with Crippen LogP contribution in [0.5, 0.6) is 0 Å². The largest absolute Gasteiger partial charge is 0.337 e. The number of hydrogen-bond donors (Lipinski definition) is 0. The number of benzene rings is 2. The Balaban J connectivity index is 1.74. The lowest BCUT2D eigenvalue weighted by Gasteiger charge is -2.14. The molecule has 0 saturated heterocycles. The average molecular weight is 462 g/mol. The van der Waals surface area contributed by atoms with Crippen molar-refractivity contribution < 1.29 is 4.92 Å². The molecule has 0 spiro atoms. The lowest BCUT2D eigenvalue weighted by molar-refractivity contribution is -0.384. The summed E-state index contributed by atoms with van der Waals surface area (Å²) in [6, 6.07) is 13.7. The third kappa shape index (κ3) is 3.70. The minimum Gasteiger partial charge on any atom is -0.280 e. The second-order valence-corrected chi connectivity index (χ2v) is 9.43. The maximum atomic E-state index is 13.7. The van der Waals surface area contributed by atoms with Gasteiger partial charge in [-0.05, 0) is 60.9 Å². The molecule has 7 nitrogen and oxygen atoms in total. The maximum absolute atomic E-state index is 13.7. The molecule has 0 N–H and O–H groups in total. The molecule has 2 aromatic heterocycles. The number of nitro groups is 1. The number of nitro benzene ring substituents is 1. The Morgan fingerprint density at radius 2 is 1.64 bits per heavy atom. The third-order valence-electron chi connectivity index (χ3n) is 6.33. The van der Waals surface area contributed by atoms with Gasteiger partial charge in [-0.15, -0.1) is 11.3 Å². The Bertz CT molecular complexity index is 1480. The van der Waals surface area contributed by atoms with Crippen LogP contribution in [-0.4, -0.2) is 14.1 Å². The molecule has 4 aromatic rings. The van der Waals surface area contributed by atoms with Crippen molar-refractivity contribution in [1.82, 2.24) is 9.13 Å². The number of non-ortho nitro benzene ring substituents is 1. The summed E-state index contributed by atoms with van der Waals surface area (Å²) in [6.45, 7) is 2.29. The summed E-state index contributed by atoms with van der Waals surface area (Å²) < 4.78 is 2.92. The van der Waals surface area contributed by atoms with E-state index in [9.17, 15) is 19.7 Å². The Kier molecular flexibility index (Phi) is 5.46. The first-order chi connectivity index (χ1) is 16.0. The predicted molar refractivity (Wildman–Crippen MR) is 130 cm³/mol. The SMILES string of the molecule is CCc1ccc(-n2c(=O)c3c4c(sc3n(Cc3ccc([N+](=O)[O-])cc3)c2=O)CCCC4)cc1. The zero-order valence-corrected chi connectivity index (χ0v) is 19.1. The highest BCUT2D eigenvalue weighted by molar-refractivity contribution is 7.18. The van der Waals surface area contributed by atoms with E-state index in [1.807, 2.05) is 24.3 Å². The highest BCUT2D eigenvalue weighted by Crippen LogP contribution is 2.34. The minimum atomic E-state index is -0.443. The van der Waals surface area contributed by atoms with Gasteiger partial charge in [0.05, 0.1) is 22.5 Å². The number of thiophene rings is 1. The number of aryl methyl sites for hydroxylation is 3.